The normalized spacial score (nSPS) is 12.6. The first-order chi connectivity index (χ1) is 18.8. The summed E-state index contributed by atoms with van der Waals surface area (Å²) in [5.41, 5.74) is 2.43. The highest BCUT2D eigenvalue weighted by molar-refractivity contribution is 7.90. The van der Waals surface area contributed by atoms with Gasteiger partial charge in [-0.25, -0.2) is 14.2 Å². The van der Waals surface area contributed by atoms with Gasteiger partial charge < -0.3 is 28.6 Å². The van der Waals surface area contributed by atoms with Crippen molar-refractivity contribution in [2.75, 3.05) is 21.3 Å². The molecule has 0 bridgehead atoms. The Morgan fingerprint density at radius 3 is 2.51 bits per heavy atom. The Hall–Kier alpha value is -4.13. The molecule has 0 fully saturated rings. The maximum absolute atomic E-state index is 13.6. The summed E-state index contributed by atoms with van der Waals surface area (Å²) < 4.78 is 36.1. The van der Waals surface area contributed by atoms with Crippen LogP contribution in [0.2, 0.25) is 0 Å². The zero-order chi connectivity index (χ0) is 28.1. The van der Waals surface area contributed by atoms with Crippen molar-refractivity contribution in [3.05, 3.63) is 77.1 Å². The molecule has 0 aliphatic heterocycles. The maximum Gasteiger partial charge on any atom is 0.341 e. The number of nitrogens with zero attached hydrogens (tertiary/aromatic N) is 3. The van der Waals surface area contributed by atoms with E-state index in [0.717, 1.165) is 0 Å². The molecule has 4 aromatic rings. The second kappa shape index (κ2) is 12.2. The van der Waals surface area contributed by atoms with Gasteiger partial charge in [-0.2, -0.15) is 4.98 Å². The predicted molar refractivity (Wildman–Crippen MR) is 141 cm³/mol. The van der Waals surface area contributed by atoms with Gasteiger partial charge in [0.05, 0.1) is 37.9 Å². The van der Waals surface area contributed by atoms with Gasteiger partial charge in [0.1, 0.15) is 5.69 Å². The third kappa shape index (κ3) is 5.82. The summed E-state index contributed by atoms with van der Waals surface area (Å²) in [5.74, 6) is -0.770. The number of hydrogen-bond donors (Lipinski definition) is 1. The average Bonchev–Trinajstić information content (AvgIpc) is 3.32. The molecule has 12 heteroatoms. The third-order valence-electron chi connectivity index (χ3n) is 5.98. The minimum Gasteiger partial charge on any atom is -0.609 e. The van der Waals surface area contributed by atoms with Crippen LogP contribution in [0.1, 0.15) is 33.3 Å². The summed E-state index contributed by atoms with van der Waals surface area (Å²) in [6, 6.07) is 13.2. The van der Waals surface area contributed by atoms with Gasteiger partial charge in [-0.3, -0.25) is 4.98 Å². The Morgan fingerprint density at radius 2 is 1.85 bits per heavy atom. The highest BCUT2D eigenvalue weighted by Crippen LogP contribution is 2.32. The van der Waals surface area contributed by atoms with Crippen LogP contribution in [0.4, 0.5) is 0 Å². The number of aliphatic hydroxyl groups excluding tert-OH is 1. The number of methoxy groups -OCH3 is 3. The molecule has 11 nitrogen and oxygen atoms in total. The molecule has 2 aromatic heterocycles. The van der Waals surface area contributed by atoms with Gasteiger partial charge in [-0.1, -0.05) is 30.3 Å². The van der Waals surface area contributed by atoms with Gasteiger partial charge in [0.25, 0.3) is 0 Å². The third-order valence-corrected chi connectivity index (χ3v) is 7.23. The molecule has 0 saturated heterocycles. The van der Waals surface area contributed by atoms with Crippen LogP contribution in [0.5, 0.6) is 11.5 Å². The van der Waals surface area contributed by atoms with E-state index in [4.69, 9.17) is 18.9 Å². The number of benzene rings is 2. The van der Waals surface area contributed by atoms with Gasteiger partial charge in [0.2, 0.25) is 0 Å². The van der Waals surface area contributed by atoms with Gasteiger partial charge in [-0.15, -0.1) is 0 Å². The van der Waals surface area contributed by atoms with Crippen molar-refractivity contribution in [3.63, 3.8) is 0 Å². The fourth-order valence-electron chi connectivity index (χ4n) is 4.00. The molecule has 1 N–H and O–H groups in total. The summed E-state index contributed by atoms with van der Waals surface area (Å²) in [7, 11) is 4.21. The average molecular weight is 554 g/mol. The number of fused-ring (bicyclic) bond motifs is 1. The van der Waals surface area contributed by atoms with E-state index in [1.807, 2.05) is 0 Å². The molecule has 39 heavy (non-hydrogen) atoms. The van der Waals surface area contributed by atoms with E-state index < -0.39 is 29.2 Å². The molecule has 0 spiro atoms. The molecule has 2 unspecified atom stereocenters. The number of aryl methyl sites for hydroxylation is 1. The molecule has 0 aliphatic carbocycles. The highest BCUT2D eigenvalue weighted by atomic mass is 32.2. The van der Waals surface area contributed by atoms with Gasteiger partial charge >= 0.3 is 17.1 Å². The fraction of sp³-hybridized carbons (Fsp3) is 0.259. The Bertz CT molecular complexity index is 1490. The lowest BCUT2D eigenvalue weighted by Gasteiger charge is -2.16. The number of hydrogen-bond acceptors (Lipinski definition) is 10. The standard InChI is InChI=1S/C27H27N3O8S/c1-16-12-21-19(13-18(16)25(32)37-4)29-27(39(34)14-20-24(36-3)22(35-2)10-11-28-20)30(21)15-38-26(33)23(31)17-8-6-5-7-9-17/h5-13,23,31H,14-15H2,1-4H3. The Balaban J connectivity index is 1.72. The highest BCUT2D eigenvalue weighted by Gasteiger charge is 2.28. The van der Waals surface area contributed by atoms with Crippen LogP contribution < -0.4 is 9.47 Å². The van der Waals surface area contributed by atoms with Crippen molar-refractivity contribution in [3.8, 4) is 11.5 Å². The van der Waals surface area contributed by atoms with Crippen molar-refractivity contribution in [1.29, 1.82) is 0 Å². The SMILES string of the molecule is COC(=O)c1cc2nc([S+]([O-])Cc3nccc(OC)c3OC)n(COC(=O)C(O)c3ccccc3)c2cc1C. The number of ether oxygens (including phenoxy) is 4. The molecule has 4 rings (SSSR count). The van der Waals surface area contributed by atoms with Crippen LogP contribution in [0, 0.1) is 6.92 Å². The predicted octanol–water partition coefficient (Wildman–Crippen LogP) is 3.09. The molecule has 0 radical (unpaired) electrons. The van der Waals surface area contributed by atoms with Crippen molar-refractivity contribution in [1.82, 2.24) is 14.5 Å². The number of imidazole rings is 1. The number of rotatable bonds is 10. The molecule has 0 aliphatic rings. The minimum absolute atomic E-state index is 0.0695. The van der Waals surface area contributed by atoms with Crippen molar-refractivity contribution in [2.24, 2.45) is 0 Å². The van der Waals surface area contributed by atoms with Gasteiger partial charge in [0, 0.05) is 23.4 Å². The summed E-state index contributed by atoms with van der Waals surface area (Å²) in [4.78, 5) is 33.7. The maximum atomic E-state index is 13.6. The number of esters is 2. The zero-order valence-electron chi connectivity index (χ0n) is 21.7. The lowest BCUT2D eigenvalue weighted by atomic mass is 10.1. The smallest absolute Gasteiger partial charge is 0.341 e. The van der Waals surface area contributed by atoms with Crippen LogP contribution in [0.25, 0.3) is 11.0 Å². The first-order valence-electron chi connectivity index (χ1n) is 11.7. The van der Waals surface area contributed by atoms with Gasteiger partial charge in [-0.05, 0) is 30.2 Å². The van der Waals surface area contributed by atoms with E-state index in [9.17, 15) is 19.2 Å². The summed E-state index contributed by atoms with van der Waals surface area (Å²) in [5, 5.41) is 10.5. The first-order valence-corrected chi connectivity index (χ1v) is 13.0. The van der Waals surface area contributed by atoms with Gasteiger partial charge in [0.15, 0.2) is 30.1 Å². The number of carbonyl (C=O) groups excluding carboxylic acids is 2. The van der Waals surface area contributed by atoms with E-state index in [1.165, 1.54) is 38.2 Å². The van der Waals surface area contributed by atoms with Crippen LogP contribution in [0.3, 0.4) is 0 Å². The molecule has 2 aromatic carbocycles. The molecule has 2 heterocycles. The van der Waals surface area contributed by atoms with E-state index >= 15 is 0 Å². The van der Waals surface area contributed by atoms with Crippen molar-refractivity contribution >= 4 is 34.1 Å². The second-order valence-corrected chi connectivity index (χ2v) is 9.70. The topological polar surface area (TPSA) is 145 Å². The molecule has 2 atom stereocenters. The van der Waals surface area contributed by atoms with Crippen molar-refractivity contribution < 1.29 is 38.2 Å². The van der Waals surface area contributed by atoms with E-state index in [-0.39, 0.29) is 17.6 Å². The summed E-state index contributed by atoms with van der Waals surface area (Å²) in [6.45, 7) is 1.33. The van der Waals surface area contributed by atoms with E-state index in [1.54, 1.807) is 49.4 Å². The molecular formula is C27H27N3O8S. The monoisotopic (exact) mass is 553 g/mol. The van der Waals surface area contributed by atoms with E-state index in [0.29, 0.717) is 44.9 Å². The number of aromatic nitrogens is 3. The fourth-order valence-corrected chi connectivity index (χ4v) is 5.18. The van der Waals surface area contributed by atoms with Crippen LogP contribution in [0.15, 0.2) is 59.9 Å². The minimum atomic E-state index is -1.80. The summed E-state index contributed by atoms with van der Waals surface area (Å²) in [6.07, 6.45) is 0.00290. The quantitative estimate of drug-likeness (QED) is 0.230. The Kier molecular flexibility index (Phi) is 8.69. The largest absolute Gasteiger partial charge is 0.609 e. The van der Waals surface area contributed by atoms with E-state index in [2.05, 4.69) is 9.97 Å². The van der Waals surface area contributed by atoms with Crippen LogP contribution in [-0.2, 0) is 37.9 Å². The summed E-state index contributed by atoms with van der Waals surface area (Å²) >= 11 is -1.80. The number of carbonyl (C=O) groups is 2. The molecule has 0 saturated carbocycles. The number of pyridine rings is 1. The zero-order valence-corrected chi connectivity index (χ0v) is 22.6. The van der Waals surface area contributed by atoms with Crippen molar-refractivity contribution in [2.45, 2.75) is 30.7 Å². The molecule has 204 valence electrons. The number of aliphatic hydroxyl groups is 1. The van der Waals surface area contributed by atoms with Crippen LogP contribution in [-0.4, -0.2) is 57.5 Å². The Morgan fingerprint density at radius 1 is 1.10 bits per heavy atom. The van der Waals surface area contributed by atoms with Crippen LogP contribution >= 0.6 is 0 Å². The second-order valence-electron chi connectivity index (χ2n) is 8.36. The lowest BCUT2D eigenvalue weighted by Crippen LogP contribution is -2.20. The Labute approximate surface area is 227 Å². The molecule has 0 amide bonds. The first kappa shape index (κ1) is 27.9. The molecular weight excluding hydrogens is 526 g/mol. The lowest BCUT2D eigenvalue weighted by molar-refractivity contribution is -0.158.